The molecule has 2 aromatic rings. The highest BCUT2D eigenvalue weighted by molar-refractivity contribution is 6.30. The molecular formula is C8H7Cl2N5. The van der Waals surface area contributed by atoms with Crippen LogP contribution in [0, 0.1) is 0 Å². The van der Waals surface area contributed by atoms with Crippen molar-refractivity contribution in [1.29, 1.82) is 0 Å². The number of nitrogens with zero attached hydrogens (tertiary/aromatic N) is 5. The monoisotopic (exact) mass is 243 g/mol. The van der Waals surface area contributed by atoms with Crippen LogP contribution in [0.25, 0.3) is 0 Å². The second-order valence-corrected chi connectivity index (χ2v) is 3.67. The van der Waals surface area contributed by atoms with Crippen LogP contribution in [0.3, 0.4) is 0 Å². The highest BCUT2D eigenvalue weighted by Crippen LogP contribution is 2.09. The lowest BCUT2D eigenvalue weighted by Gasteiger charge is -1.97. The molecule has 0 aliphatic carbocycles. The van der Waals surface area contributed by atoms with Gasteiger partial charge in [0.2, 0.25) is 10.6 Å². The van der Waals surface area contributed by atoms with E-state index in [1.807, 2.05) is 17.8 Å². The molecule has 5 nitrogen and oxygen atoms in total. The fourth-order valence-electron chi connectivity index (χ4n) is 1.16. The topological polar surface area (TPSA) is 56.5 Å². The molecule has 0 aromatic carbocycles. The van der Waals surface area contributed by atoms with Crippen LogP contribution in [0.1, 0.15) is 11.5 Å². The summed E-state index contributed by atoms with van der Waals surface area (Å²) in [5.41, 5.74) is 0.857. The van der Waals surface area contributed by atoms with Gasteiger partial charge < -0.3 is 4.57 Å². The molecule has 0 N–H and O–H groups in total. The van der Waals surface area contributed by atoms with Crippen molar-refractivity contribution in [1.82, 2.24) is 24.5 Å². The first-order valence-electron chi connectivity index (χ1n) is 4.16. The Hall–Kier alpha value is -1.20. The lowest BCUT2D eigenvalue weighted by Crippen LogP contribution is -1.99. The Kier molecular flexibility index (Phi) is 2.83. The standard InChI is InChI=1S/C8H7Cl2N5/c1-15-3-5(11-4-15)2-6-12-7(9)14-8(10)13-6/h3-4H,2H2,1H3. The van der Waals surface area contributed by atoms with Gasteiger partial charge in [-0.25, -0.2) is 15.0 Å². The summed E-state index contributed by atoms with van der Waals surface area (Å²) in [6.07, 6.45) is 4.08. The third-order valence-corrected chi connectivity index (χ3v) is 2.06. The van der Waals surface area contributed by atoms with Crippen molar-refractivity contribution < 1.29 is 0 Å². The molecule has 0 fully saturated rings. The minimum Gasteiger partial charge on any atom is -0.340 e. The summed E-state index contributed by atoms with van der Waals surface area (Å²) in [7, 11) is 1.89. The van der Waals surface area contributed by atoms with Gasteiger partial charge in [0.25, 0.3) is 0 Å². The number of rotatable bonds is 2. The first kappa shape index (κ1) is 10.3. The molecule has 0 aliphatic heterocycles. The van der Waals surface area contributed by atoms with Gasteiger partial charge in [-0.2, -0.15) is 4.98 Å². The van der Waals surface area contributed by atoms with Gasteiger partial charge in [0.15, 0.2) is 0 Å². The molecule has 2 heterocycles. The van der Waals surface area contributed by atoms with Crippen LogP contribution in [0.15, 0.2) is 12.5 Å². The summed E-state index contributed by atoms with van der Waals surface area (Å²) in [5, 5.41) is 0.196. The summed E-state index contributed by atoms with van der Waals surface area (Å²) < 4.78 is 1.85. The summed E-state index contributed by atoms with van der Waals surface area (Å²) in [6.45, 7) is 0. The van der Waals surface area contributed by atoms with Crippen LogP contribution >= 0.6 is 23.2 Å². The molecule has 2 aromatic heterocycles. The molecule has 7 heteroatoms. The van der Waals surface area contributed by atoms with Crippen LogP contribution in [0.5, 0.6) is 0 Å². The van der Waals surface area contributed by atoms with E-state index in [1.165, 1.54) is 0 Å². The van der Waals surface area contributed by atoms with Gasteiger partial charge >= 0.3 is 0 Å². The van der Waals surface area contributed by atoms with E-state index in [1.54, 1.807) is 6.33 Å². The number of hydrogen-bond acceptors (Lipinski definition) is 4. The van der Waals surface area contributed by atoms with E-state index in [0.717, 1.165) is 5.69 Å². The Morgan fingerprint density at radius 1 is 1.20 bits per heavy atom. The zero-order valence-electron chi connectivity index (χ0n) is 7.85. The van der Waals surface area contributed by atoms with Crippen molar-refractivity contribution >= 4 is 23.2 Å². The second-order valence-electron chi connectivity index (χ2n) is 3.00. The average molecular weight is 244 g/mol. The van der Waals surface area contributed by atoms with Gasteiger partial charge in [-0.05, 0) is 23.2 Å². The smallest absolute Gasteiger partial charge is 0.226 e. The van der Waals surface area contributed by atoms with E-state index in [2.05, 4.69) is 19.9 Å². The maximum atomic E-state index is 5.65. The average Bonchev–Trinajstić information content (AvgIpc) is 2.49. The van der Waals surface area contributed by atoms with Crippen molar-refractivity contribution in [2.24, 2.45) is 7.05 Å². The van der Waals surface area contributed by atoms with Gasteiger partial charge in [0, 0.05) is 13.2 Å². The second kappa shape index (κ2) is 4.12. The Bertz CT molecular complexity index is 461. The number of imidazole rings is 1. The maximum Gasteiger partial charge on any atom is 0.226 e. The zero-order valence-corrected chi connectivity index (χ0v) is 9.37. The van der Waals surface area contributed by atoms with E-state index >= 15 is 0 Å². The maximum absolute atomic E-state index is 5.65. The first-order valence-corrected chi connectivity index (χ1v) is 4.92. The van der Waals surface area contributed by atoms with Crippen LogP contribution in [-0.2, 0) is 13.5 Å². The molecule has 0 radical (unpaired) electrons. The van der Waals surface area contributed by atoms with E-state index in [9.17, 15) is 0 Å². The third kappa shape index (κ3) is 2.64. The number of aromatic nitrogens is 5. The highest BCUT2D eigenvalue weighted by Gasteiger charge is 2.05. The highest BCUT2D eigenvalue weighted by atomic mass is 35.5. The van der Waals surface area contributed by atoms with Gasteiger partial charge in [0.1, 0.15) is 5.82 Å². The molecule has 0 unspecified atom stereocenters. The Morgan fingerprint density at radius 3 is 2.40 bits per heavy atom. The van der Waals surface area contributed by atoms with E-state index in [0.29, 0.717) is 12.2 Å². The Morgan fingerprint density at radius 2 is 1.87 bits per heavy atom. The number of hydrogen-bond donors (Lipinski definition) is 0. The minimum absolute atomic E-state index is 0.0981. The molecule has 0 amide bonds. The van der Waals surface area contributed by atoms with E-state index in [-0.39, 0.29) is 10.6 Å². The lowest BCUT2D eigenvalue weighted by molar-refractivity contribution is 0.897. The van der Waals surface area contributed by atoms with Gasteiger partial charge in [0.05, 0.1) is 18.4 Å². The molecule has 78 valence electrons. The summed E-state index contributed by atoms with van der Waals surface area (Å²) >= 11 is 11.3. The predicted molar refractivity (Wildman–Crippen MR) is 55.9 cm³/mol. The summed E-state index contributed by atoms with van der Waals surface area (Å²) in [5.74, 6) is 0.513. The predicted octanol–water partition coefficient (Wildman–Crippen LogP) is 1.50. The third-order valence-electron chi connectivity index (χ3n) is 1.72. The molecule has 2 rings (SSSR count). The van der Waals surface area contributed by atoms with Crippen molar-refractivity contribution in [3.05, 3.63) is 34.6 Å². The minimum atomic E-state index is 0.0981. The molecule has 0 bridgehead atoms. The van der Waals surface area contributed by atoms with Crippen LogP contribution < -0.4 is 0 Å². The lowest BCUT2D eigenvalue weighted by atomic mass is 10.3. The van der Waals surface area contributed by atoms with Crippen LogP contribution in [0.4, 0.5) is 0 Å². The Labute approximate surface area is 96.1 Å². The quantitative estimate of drug-likeness (QED) is 0.803. The SMILES string of the molecule is Cn1cnc(Cc2nc(Cl)nc(Cl)n2)c1. The molecular weight excluding hydrogens is 237 g/mol. The molecule has 0 atom stereocenters. The van der Waals surface area contributed by atoms with Gasteiger partial charge in [-0.1, -0.05) is 0 Å². The van der Waals surface area contributed by atoms with Crippen LogP contribution in [0.2, 0.25) is 10.6 Å². The molecule has 0 saturated carbocycles. The van der Waals surface area contributed by atoms with Crippen molar-refractivity contribution in [2.75, 3.05) is 0 Å². The van der Waals surface area contributed by atoms with Gasteiger partial charge in [-0.3, -0.25) is 0 Å². The first-order chi connectivity index (χ1) is 7.13. The number of aryl methyl sites for hydroxylation is 1. The van der Waals surface area contributed by atoms with Crippen molar-refractivity contribution in [3.8, 4) is 0 Å². The molecule has 0 aliphatic rings. The van der Waals surface area contributed by atoms with Gasteiger partial charge in [-0.15, -0.1) is 0 Å². The van der Waals surface area contributed by atoms with E-state index < -0.39 is 0 Å². The normalized spacial score (nSPS) is 10.6. The fraction of sp³-hybridized carbons (Fsp3) is 0.250. The summed E-state index contributed by atoms with van der Waals surface area (Å²) in [6, 6.07) is 0. The molecule has 0 spiro atoms. The molecule has 0 saturated heterocycles. The zero-order chi connectivity index (χ0) is 10.8. The van der Waals surface area contributed by atoms with Crippen LogP contribution in [-0.4, -0.2) is 24.5 Å². The largest absolute Gasteiger partial charge is 0.340 e. The van der Waals surface area contributed by atoms with E-state index in [4.69, 9.17) is 23.2 Å². The molecule has 15 heavy (non-hydrogen) atoms. The van der Waals surface area contributed by atoms with Crippen molar-refractivity contribution in [2.45, 2.75) is 6.42 Å². The fourth-order valence-corrected chi connectivity index (χ4v) is 1.56. The van der Waals surface area contributed by atoms with Crippen molar-refractivity contribution in [3.63, 3.8) is 0 Å². The Balaban J connectivity index is 2.24. The number of halogens is 2. The summed E-state index contributed by atoms with van der Waals surface area (Å²) in [4.78, 5) is 15.7.